The summed E-state index contributed by atoms with van der Waals surface area (Å²) in [6.07, 6.45) is 3.86. The highest BCUT2D eigenvalue weighted by Crippen LogP contribution is 2.28. The summed E-state index contributed by atoms with van der Waals surface area (Å²) >= 11 is 0. The average molecular weight is 566 g/mol. The van der Waals surface area contributed by atoms with Crippen LogP contribution in [0.2, 0.25) is 0 Å². The van der Waals surface area contributed by atoms with Crippen LogP contribution in [0.5, 0.6) is 0 Å². The molecule has 2 amide bonds. The van der Waals surface area contributed by atoms with E-state index in [1.807, 2.05) is 13.0 Å². The zero-order valence-electron chi connectivity index (χ0n) is 23.1. The molecule has 0 saturated heterocycles. The minimum absolute atomic E-state index is 0.0183. The molecule has 0 aromatic heterocycles. The summed E-state index contributed by atoms with van der Waals surface area (Å²) in [5.74, 6) is -1.26. The molecule has 0 bridgehead atoms. The van der Waals surface area contributed by atoms with Gasteiger partial charge in [0.15, 0.2) is 0 Å². The molecule has 1 saturated carbocycles. The first-order valence-electron chi connectivity index (χ1n) is 13.6. The predicted molar refractivity (Wildman–Crippen MR) is 154 cm³/mol. The smallest absolute Gasteiger partial charge is 0.264 e. The fourth-order valence-corrected chi connectivity index (χ4v) is 6.58. The zero-order chi connectivity index (χ0) is 28.9. The maximum atomic E-state index is 14.0. The van der Waals surface area contributed by atoms with Gasteiger partial charge in [0.25, 0.3) is 10.0 Å². The van der Waals surface area contributed by atoms with Gasteiger partial charge in [0.1, 0.15) is 18.4 Å². The maximum absolute atomic E-state index is 14.0. The van der Waals surface area contributed by atoms with Gasteiger partial charge in [-0.05, 0) is 75.1 Å². The van der Waals surface area contributed by atoms with Crippen LogP contribution in [0.3, 0.4) is 0 Å². The fourth-order valence-electron chi connectivity index (χ4n) is 5.08. The number of nitrogens with zero attached hydrogens (tertiary/aromatic N) is 2. The number of benzene rings is 3. The SMILES string of the molecule is Cc1ccc(N(CC(=O)N(Cc2ccc(F)cc2)C(C)C(=O)NC2CCCC2)S(=O)(=O)c2ccccc2)c(C)c1. The number of anilines is 1. The van der Waals surface area contributed by atoms with Gasteiger partial charge in [-0.15, -0.1) is 0 Å². The van der Waals surface area contributed by atoms with E-state index in [0.717, 1.165) is 35.6 Å². The molecule has 7 nitrogen and oxygen atoms in total. The van der Waals surface area contributed by atoms with Crippen molar-refractivity contribution in [2.75, 3.05) is 10.8 Å². The molecule has 40 heavy (non-hydrogen) atoms. The third-order valence-corrected chi connectivity index (χ3v) is 9.14. The lowest BCUT2D eigenvalue weighted by atomic mass is 10.1. The highest BCUT2D eigenvalue weighted by Gasteiger charge is 2.33. The van der Waals surface area contributed by atoms with Gasteiger partial charge in [-0.3, -0.25) is 13.9 Å². The monoisotopic (exact) mass is 565 g/mol. The second kappa shape index (κ2) is 12.6. The van der Waals surface area contributed by atoms with E-state index in [9.17, 15) is 22.4 Å². The van der Waals surface area contributed by atoms with Gasteiger partial charge in [0.05, 0.1) is 10.6 Å². The zero-order valence-corrected chi connectivity index (χ0v) is 24.0. The lowest BCUT2D eigenvalue weighted by Gasteiger charge is -2.33. The van der Waals surface area contributed by atoms with E-state index in [0.29, 0.717) is 16.8 Å². The van der Waals surface area contributed by atoms with Crippen molar-refractivity contribution in [1.29, 1.82) is 0 Å². The second-order valence-corrected chi connectivity index (χ2v) is 12.3. The molecule has 9 heteroatoms. The number of carbonyl (C=O) groups excluding carboxylic acids is 2. The first-order valence-corrected chi connectivity index (χ1v) is 15.0. The molecule has 1 unspecified atom stereocenters. The van der Waals surface area contributed by atoms with E-state index >= 15 is 0 Å². The normalized spacial score (nSPS) is 14.5. The third-order valence-electron chi connectivity index (χ3n) is 7.37. The number of sulfonamides is 1. The summed E-state index contributed by atoms with van der Waals surface area (Å²) in [6.45, 7) is 4.86. The van der Waals surface area contributed by atoms with Gasteiger partial charge in [0, 0.05) is 12.6 Å². The lowest BCUT2D eigenvalue weighted by Crippen LogP contribution is -2.52. The Morgan fingerprint density at radius 1 is 0.975 bits per heavy atom. The van der Waals surface area contributed by atoms with Crippen LogP contribution in [0.25, 0.3) is 0 Å². The van der Waals surface area contributed by atoms with Gasteiger partial charge in [-0.25, -0.2) is 12.8 Å². The first kappa shape index (κ1) is 29.3. The fraction of sp³-hybridized carbons (Fsp3) is 0.355. The molecule has 0 heterocycles. The molecule has 1 atom stereocenters. The van der Waals surface area contributed by atoms with Crippen LogP contribution in [-0.2, 0) is 26.2 Å². The molecule has 1 N–H and O–H groups in total. The Morgan fingerprint density at radius 3 is 2.25 bits per heavy atom. The molecule has 1 aliphatic rings. The van der Waals surface area contributed by atoms with Gasteiger partial charge in [0.2, 0.25) is 11.8 Å². The van der Waals surface area contributed by atoms with Crippen LogP contribution in [0.4, 0.5) is 10.1 Å². The molecule has 1 fully saturated rings. The molecule has 212 valence electrons. The number of hydrogen-bond acceptors (Lipinski definition) is 4. The largest absolute Gasteiger partial charge is 0.352 e. The van der Waals surface area contributed by atoms with E-state index in [2.05, 4.69) is 5.32 Å². The minimum atomic E-state index is -4.13. The van der Waals surface area contributed by atoms with Gasteiger partial charge < -0.3 is 10.2 Å². The Balaban J connectivity index is 1.70. The van der Waals surface area contributed by atoms with Crippen molar-refractivity contribution < 1.29 is 22.4 Å². The van der Waals surface area contributed by atoms with Crippen molar-refractivity contribution in [3.8, 4) is 0 Å². The highest BCUT2D eigenvalue weighted by atomic mass is 32.2. The van der Waals surface area contributed by atoms with Crippen LogP contribution in [0.1, 0.15) is 49.3 Å². The van der Waals surface area contributed by atoms with Crippen LogP contribution < -0.4 is 9.62 Å². The van der Waals surface area contributed by atoms with Crippen LogP contribution >= 0.6 is 0 Å². The number of carbonyl (C=O) groups is 2. The molecule has 1 aliphatic carbocycles. The summed E-state index contributed by atoms with van der Waals surface area (Å²) in [7, 11) is -4.13. The summed E-state index contributed by atoms with van der Waals surface area (Å²) in [6, 6.07) is 18.2. The van der Waals surface area contributed by atoms with Crippen molar-refractivity contribution in [3.63, 3.8) is 0 Å². The van der Waals surface area contributed by atoms with E-state index in [1.165, 1.54) is 29.2 Å². The van der Waals surface area contributed by atoms with Gasteiger partial charge in [-0.2, -0.15) is 0 Å². The number of nitrogens with one attached hydrogen (secondary N) is 1. The maximum Gasteiger partial charge on any atom is 0.264 e. The van der Waals surface area contributed by atoms with E-state index < -0.39 is 34.3 Å². The van der Waals surface area contributed by atoms with Crippen LogP contribution in [-0.4, -0.2) is 43.8 Å². The summed E-state index contributed by atoms with van der Waals surface area (Å²) < 4.78 is 42.5. The molecule has 0 spiro atoms. The van der Waals surface area contributed by atoms with Crippen LogP contribution in [0.15, 0.2) is 77.7 Å². The molecule has 0 radical (unpaired) electrons. The Hall–Kier alpha value is -3.72. The van der Waals surface area contributed by atoms with Gasteiger partial charge >= 0.3 is 0 Å². The Kier molecular flexibility index (Phi) is 9.25. The first-order chi connectivity index (χ1) is 19.1. The Bertz CT molecular complexity index is 1440. The third kappa shape index (κ3) is 6.88. The second-order valence-electron chi connectivity index (χ2n) is 10.4. The quantitative estimate of drug-likeness (QED) is 0.370. The molecule has 3 aromatic carbocycles. The number of hydrogen-bond donors (Lipinski definition) is 1. The number of aryl methyl sites for hydroxylation is 2. The van der Waals surface area contributed by atoms with Crippen molar-refractivity contribution >= 4 is 27.5 Å². The number of amides is 2. The summed E-state index contributed by atoms with van der Waals surface area (Å²) in [5.41, 5.74) is 2.66. The predicted octanol–water partition coefficient (Wildman–Crippen LogP) is 5.11. The lowest BCUT2D eigenvalue weighted by molar-refractivity contribution is -0.139. The van der Waals surface area contributed by atoms with Crippen molar-refractivity contribution in [2.24, 2.45) is 0 Å². The van der Waals surface area contributed by atoms with Crippen molar-refractivity contribution in [1.82, 2.24) is 10.2 Å². The average Bonchev–Trinajstić information content (AvgIpc) is 3.45. The Labute approximate surface area is 236 Å². The standard InChI is InChI=1S/C31H36FN3O4S/c1-22-13-18-29(23(2)19-22)35(40(38,39)28-11-5-4-6-12-28)21-30(36)34(20-25-14-16-26(32)17-15-25)24(3)31(37)33-27-9-7-8-10-27/h4-6,11-19,24,27H,7-10,20-21H2,1-3H3,(H,33,37). The van der Waals surface area contributed by atoms with Gasteiger partial charge in [-0.1, -0.05) is 60.9 Å². The molecular formula is C31H36FN3O4S. The van der Waals surface area contributed by atoms with Crippen molar-refractivity contribution in [2.45, 2.75) is 70.0 Å². The van der Waals surface area contributed by atoms with E-state index in [4.69, 9.17) is 0 Å². The number of rotatable bonds is 10. The Morgan fingerprint density at radius 2 is 1.62 bits per heavy atom. The summed E-state index contributed by atoms with van der Waals surface area (Å²) in [5, 5.41) is 3.04. The molecule has 4 rings (SSSR count). The minimum Gasteiger partial charge on any atom is -0.352 e. The summed E-state index contributed by atoms with van der Waals surface area (Å²) in [4.78, 5) is 28.7. The highest BCUT2D eigenvalue weighted by molar-refractivity contribution is 7.92. The number of halogens is 1. The van der Waals surface area contributed by atoms with Crippen molar-refractivity contribution in [3.05, 3.63) is 95.3 Å². The van der Waals surface area contributed by atoms with E-state index in [1.54, 1.807) is 56.3 Å². The molecule has 3 aromatic rings. The molecule has 0 aliphatic heterocycles. The molecular weight excluding hydrogens is 529 g/mol. The van der Waals surface area contributed by atoms with Crippen LogP contribution in [0, 0.1) is 19.7 Å². The topological polar surface area (TPSA) is 86.8 Å². The van der Waals surface area contributed by atoms with E-state index in [-0.39, 0.29) is 23.4 Å².